The first-order chi connectivity index (χ1) is 22.3. The highest BCUT2D eigenvalue weighted by Gasteiger charge is 2.46. The first-order valence-electron chi connectivity index (χ1n) is 15.2. The maximum absolute atomic E-state index is 13.9. The van der Waals surface area contributed by atoms with Crippen LogP contribution in [0.25, 0.3) is 5.57 Å². The molecule has 2 fully saturated rings. The molecule has 1 saturated heterocycles. The quantitative estimate of drug-likeness (QED) is 0.258. The van der Waals surface area contributed by atoms with Gasteiger partial charge in [-0.05, 0) is 38.2 Å². The van der Waals surface area contributed by atoms with Crippen molar-refractivity contribution in [2.75, 3.05) is 30.4 Å². The molecule has 2 aromatic heterocycles. The number of benzene rings is 1. The minimum atomic E-state index is -1.46. The molecule has 2 amide bonds. The van der Waals surface area contributed by atoms with Gasteiger partial charge in [0.05, 0.1) is 11.8 Å². The lowest BCUT2D eigenvalue weighted by Crippen LogP contribution is -2.66. The van der Waals surface area contributed by atoms with Crippen molar-refractivity contribution in [2.24, 2.45) is 4.99 Å². The van der Waals surface area contributed by atoms with Crippen LogP contribution in [-0.4, -0.2) is 86.0 Å². The molecule has 0 radical (unpaired) electrons. The third-order valence-electron chi connectivity index (χ3n) is 8.45. The summed E-state index contributed by atoms with van der Waals surface area (Å²) in [5.41, 5.74) is 2.08. The van der Waals surface area contributed by atoms with Gasteiger partial charge in [-0.15, -0.1) is 0 Å². The smallest absolute Gasteiger partial charge is 0.328 e. The molecule has 4 N–H and O–H groups in total. The minimum absolute atomic E-state index is 0.0525. The number of aliphatic imine (C=N–C) groups is 1. The number of aliphatic hydroxyl groups is 1. The van der Waals surface area contributed by atoms with Crippen molar-refractivity contribution in [2.45, 2.75) is 62.8 Å². The Hall–Kier alpha value is -5.13. The van der Waals surface area contributed by atoms with Crippen molar-refractivity contribution in [1.29, 1.82) is 5.26 Å². The maximum atomic E-state index is 13.9. The van der Waals surface area contributed by atoms with Gasteiger partial charge in [-0.2, -0.15) is 10.2 Å². The number of amides is 2. The zero-order valence-electron chi connectivity index (χ0n) is 25.8. The summed E-state index contributed by atoms with van der Waals surface area (Å²) in [6, 6.07) is 11.4. The van der Waals surface area contributed by atoms with E-state index in [1.54, 1.807) is 36.6 Å². The van der Waals surface area contributed by atoms with E-state index >= 15 is 0 Å². The third kappa shape index (κ3) is 6.60. The van der Waals surface area contributed by atoms with Crippen LogP contribution in [0, 0.1) is 11.3 Å². The molecule has 14 heteroatoms. The zero-order chi connectivity index (χ0) is 32.1. The first kappa shape index (κ1) is 30.9. The number of nitrogens with one attached hydrogen (secondary N) is 3. The second kappa shape index (κ2) is 13.1. The van der Waals surface area contributed by atoms with Gasteiger partial charge in [0.25, 0.3) is 0 Å². The van der Waals surface area contributed by atoms with Crippen molar-refractivity contribution in [3.05, 3.63) is 78.1 Å². The van der Waals surface area contributed by atoms with Crippen LogP contribution in [0.1, 0.15) is 49.3 Å². The molecule has 2 aliphatic heterocycles. The van der Waals surface area contributed by atoms with Gasteiger partial charge in [0.1, 0.15) is 18.0 Å². The molecule has 1 atom stereocenters. The number of allylic oxidation sites excluding steroid dienone is 1. The highest BCUT2D eigenvalue weighted by molar-refractivity contribution is 6.10. The van der Waals surface area contributed by atoms with Crippen LogP contribution in [0.5, 0.6) is 0 Å². The number of aromatic nitrogens is 4. The summed E-state index contributed by atoms with van der Waals surface area (Å²) in [5.74, 6) is -0.524. The molecule has 3 aromatic rings. The highest BCUT2D eigenvalue weighted by atomic mass is 16.5. The average Bonchev–Trinajstić information content (AvgIpc) is 3.08. The minimum Gasteiger partial charge on any atom is -0.386 e. The standard InChI is InChI=1S/C32H37N11O3/c1-31(45)19-42(20-31)28-23(12-33)16-36-29(41-28)40-26-8-10-27(11-9-26)43(30(44)37-13-22-6-4-3-5-7-22)32(46-2)38-17-25(18-39-32)24-14-34-21-35-15-24/h3-7,14-18,21,26-27,38,45H,8-11,13,19-20H2,1-2H3,(H,37,44)(H,36,40,41). The fourth-order valence-corrected chi connectivity index (χ4v) is 6.11. The third-order valence-corrected chi connectivity index (χ3v) is 8.45. The number of hydrogen-bond acceptors (Lipinski definition) is 12. The molecule has 238 valence electrons. The van der Waals surface area contributed by atoms with E-state index in [1.165, 1.54) is 19.6 Å². The molecule has 1 unspecified atom stereocenters. The lowest BCUT2D eigenvalue weighted by Gasteiger charge is -2.46. The number of nitrogens with zero attached hydrogens (tertiary/aromatic N) is 8. The van der Waals surface area contributed by atoms with Crippen LogP contribution >= 0.6 is 0 Å². The number of β-amino-alcohol motifs (C(OH)–C–C–N with tert-alkyl or cyclic N) is 1. The summed E-state index contributed by atoms with van der Waals surface area (Å²) in [6.45, 7) is 2.91. The number of hydrogen-bond donors (Lipinski definition) is 4. The lowest BCUT2D eigenvalue weighted by atomic mass is 9.90. The zero-order valence-corrected chi connectivity index (χ0v) is 25.8. The number of carbonyl (C=O) groups is 1. The van der Waals surface area contributed by atoms with Gasteiger partial charge < -0.3 is 30.7 Å². The van der Waals surface area contributed by atoms with Gasteiger partial charge in [-0.3, -0.25) is 4.90 Å². The Bertz CT molecular complexity index is 1630. The summed E-state index contributed by atoms with van der Waals surface area (Å²) in [7, 11) is 1.52. The Morgan fingerprint density at radius 2 is 1.91 bits per heavy atom. The summed E-state index contributed by atoms with van der Waals surface area (Å²) in [6.07, 6.45) is 12.6. The van der Waals surface area contributed by atoms with Crippen molar-refractivity contribution >= 4 is 29.6 Å². The summed E-state index contributed by atoms with van der Waals surface area (Å²) in [5, 5.41) is 29.5. The van der Waals surface area contributed by atoms with Crippen LogP contribution in [0.15, 0.2) is 66.4 Å². The predicted octanol–water partition coefficient (Wildman–Crippen LogP) is 2.62. The van der Waals surface area contributed by atoms with E-state index in [-0.39, 0.29) is 18.1 Å². The normalized spacial score (nSPS) is 23.3. The van der Waals surface area contributed by atoms with Gasteiger partial charge in [0.15, 0.2) is 5.82 Å². The highest BCUT2D eigenvalue weighted by Crippen LogP contribution is 2.33. The number of urea groups is 1. The number of methoxy groups -OCH3 is 1. The summed E-state index contributed by atoms with van der Waals surface area (Å²) < 4.78 is 5.96. The Balaban J connectivity index is 1.17. The Morgan fingerprint density at radius 3 is 2.54 bits per heavy atom. The number of anilines is 2. The van der Waals surface area contributed by atoms with Crippen LogP contribution < -0.4 is 20.9 Å². The van der Waals surface area contributed by atoms with Crippen LogP contribution in [0.3, 0.4) is 0 Å². The van der Waals surface area contributed by atoms with E-state index in [2.05, 4.69) is 42.0 Å². The summed E-state index contributed by atoms with van der Waals surface area (Å²) >= 11 is 0. The summed E-state index contributed by atoms with van der Waals surface area (Å²) in [4.78, 5) is 39.4. The molecular weight excluding hydrogens is 586 g/mol. The van der Waals surface area contributed by atoms with Crippen molar-refractivity contribution in [3.8, 4) is 6.07 Å². The van der Waals surface area contributed by atoms with Crippen LogP contribution in [0.2, 0.25) is 0 Å². The molecule has 1 saturated carbocycles. The van der Waals surface area contributed by atoms with E-state index in [9.17, 15) is 15.2 Å². The Labute approximate surface area is 267 Å². The monoisotopic (exact) mass is 623 g/mol. The molecule has 4 heterocycles. The fraction of sp³-hybridized carbons (Fsp3) is 0.406. The van der Waals surface area contributed by atoms with E-state index in [4.69, 9.17) is 9.73 Å². The number of nitriles is 1. The van der Waals surface area contributed by atoms with Gasteiger partial charge in [-0.1, -0.05) is 30.3 Å². The van der Waals surface area contributed by atoms with E-state index in [0.717, 1.165) is 29.5 Å². The molecule has 1 aliphatic carbocycles. The number of rotatable bonds is 9. The van der Waals surface area contributed by atoms with E-state index in [1.807, 2.05) is 35.2 Å². The lowest BCUT2D eigenvalue weighted by molar-refractivity contribution is -0.141. The SMILES string of the molecule is COC1(N(C(=O)NCc2ccccc2)C2CCC(Nc3ncc(C#N)c(N4CC(C)(O)C4)n3)CC2)N=CC(c2cncnc2)=CN1. The molecule has 0 spiro atoms. The van der Waals surface area contributed by atoms with E-state index in [0.29, 0.717) is 49.8 Å². The fourth-order valence-electron chi connectivity index (χ4n) is 6.11. The van der Waals surface area contributed by atoms with E-state index < -0.39 is 11.6 Å². The van der Waals surface area contributed by atoms with Crippen LogP contribution in [-0.2, 0) is 11.3 Å². The molecule has 1 aromatic carbocycles. The molecule has 46 heavy (non-hydrogen) atoms. The molecule has 0 bridgehead atoms. The molecule has 3 aliphatic rings. The van der Waals surface area contributed by atoms with Gasteiger partial charge in [0, 0.05) is 74.8 Å². The molecule has 14 nitrogen and oxygen atoms in total. The van der Waals surface area contributed by atoms with Crippen molar-refractivity contribution < 1.29 is 14.6 Å². The Morgan fingerprint density at radius 1 is 1.17 bits per heavy atom. The average molecular weight is 624 g/mol. The molecular formula is C32H37N11O3. The van der Waals surface area contributed by atoms with Crippen molar-refractivity contribution in [1.82, 2.24) is 35.5 Å². The number of carbonyl (C=O) groups excluding carboxylic acids is 1. The largest absolute Gasteiger partial charge is 0.386 e. The first-order valence-corrected chi connectivity index (χ1v) is 15.2. The number of ether oxygens (including phenoxy) is 1. The van der Waals surface area contributed by atoms with Gasteiger partial charge in [-0.25, -0.2) is 24.7 Å². The van der Waals surface area contributed by atoms with Gasteiger partial charge in [0.2, 0.25) is 5.95 Å². The topological polar surface area (TPSA) is 177 Å². The van der Waals surface area contributed by atoms with Crippen LogP contribution in [0.4, 0.5) is 16.6 Å². The Kier molecular flexibility index (Phi) is 8.78. The second-order valence-corrected chi connectivity index (χ2v) is 12.0. The predicted molar refractivity (Wildman–Crippen MR) is 171 cm³/mol. The van der Waals surface area contributed by atoms with Gasteiger partial charge >= 0.3 is 12.0 Å². The molecule has 6 rings (SSSR count). The maximum Gasteiger partial charge on any atom is 0.328 e. The second-order valence-electron chi connectivity index (χ2n) is 12.0. The van der Waals surface area contributed by atoms with Crippen molar-refractivity contribution in [3.63, 3.8) is 0 Å².